The number of methoxy groups -OCH3 is 1. The van der Waals surface area contributed by atoms with Gasteiger partial charge >= 0.3 is 4.87 Å². The Morgan fingerprint density at radius 3 is 2.33 bits per heavy atom. The van der Waals surface area contributed by atoms with Crippen molar-refractivity contribution >= 4 is 68.1 Å². The molecule has 1 fully saturated rings. The zero-order valence-corrected chi connectivity index (χ0v) is 24.3. The number of thioether (sulfide) groups is 1. The van der Waals surface area contributed by atoms with Crippen molar-refractivity contribution < 1.29 is 19.1 Å². The van der Waals surface area contributed by atoms with Crippen LogP contribution < -0.4 is 19.8 Å². The van der Waals surface area contributed by atoms with Crippen LogP contribution in [0.5, 0.6) is 5.75 Å². The number of halogens is 1. The maximum absolute atomic E-state index is 13.9. The normalized spacial score (nSPS) is 19.8. The number of aromatic nitrogens is 1. The van der Waals surface area contributed by atoms with E-state index in [0.29, 0.717) is 27.0 Å². The van der Waals surface area contributed by atoms with Gasteiger partial charge in [-0.25, -0.2) is 4.90 Å². The van der Waals surface area contributed by atoms with Crippen LogP contribution >= 0.6 is 39.0 Å². The summed E-state index contributed by atoms with van der Waals surface area (Å²) in [6, 6.07) is 23.3. The maximum atomic E-state index is 13.9. The van der Waals surface area contributed by atoms with E-state index in [4.69, 9.17) is 4.74 Å². The Labute approximate surface area is 246 Å². The summed E-state index contributed by atoms with van der Waals surface area (Å²) in [6.45, 7) is -0.224. The second-order valence-corrected chi connectivity index (χ2v) is 12.4. The van der Waals surface area contributed by atoms with Gasteiger partial charge in [0.2, 0.25) is 17.7 Å². The second-order valence-electron chi connectivity index (χ2n) is 9.34. The summed E-state index contributed by atoms with van der Waals surface area (Å²) in [5.41, 5.74) is 1.91. The van der Waals surface area contributed by atoms with Gasteiger partial charge in [-0.1, -0.05) is 69.4 Å². The van der Waals surface area contributed by atoms with Crippen LogP contribution in [0.3, 0.4) is 0 Å². The van der Waals surface area contributed by atoms with Crippen molar-refractivity contribution in [2.24, 2.45) is 5.92 Å². The van der Waals surface area contributed by atoms with Crippen LogP contribution in [0.25, 0.3) is 0 Å². The minimum absolute atomic E-state index is 0.224. The fourth-order valence-corrected chi connectivity index (χ4v) is 8.17. The van der Waals surface area contributed by atoms with Crippen molar-refractivity contribution in [2.45, 2.75) is 22.7 Å². The molecule has 8 nitrogen and oxygen atoms in total. The van der Waals surface area contributed by atoms with E-state index < -0.39 is 17.1 Å². The Balaban J connectivity index is 1.38. The van der Waals surface area contributed by atoms with E-state index in [2.05, 4.69) is 21.2 Å². The Morgan fingerprint density at radius 2 is 1.65 bits per heavy atom. The van der Waals surface area contributed by atoms with Crippen LogP contribution in [0.4, 0.5) is 11.4 Å². The number of rotatable bonds is 6. The summed E-state index contributed by atoms with van der Waals surface area (Å²) in [5, 5.41) is 2.62. The average molecular weight is 637 g/mol. The summed E-state index contributed by atoms with van der Waals surface area (Å²) in [7, 11) is 1.56. The fraction of sp³-hybridized carbons (Fsp3) is 0.172. The lowest BCUT2D eigenvalue weighted by molar-refractivity contribution is -0.122. The number of benzene rings is 3. The molecule has 3 atom stereocenters. The van der Waals surface area contributed by atoms with Crippen molar-refractivity contribution in [1.82, 2.24) is 4.57 Å². The highest BCUT2D eigenvalue weighted by Gasteiger charge is 2.56. The molecule has 1 aromatic heterocycles. The molecule has 3 aromatic carbocycles. The van der Waals surface area contributed by atoms with Gasteiger partial charge in [-0.05, 0) is 54.1 Å². The third-order valence-corrected chi connectivity index (χ3v) is 10.1. The van der Waals surface area contributed by atoms with Gasteiger partial charge in [-0.15, -0.1) is 0 Å². The summed E-state index contributed by atoms with van der Waals surface area (Å²) in [4.78, 5) is 55.5. The van der Waals surface area contributed by atoms with Crippen molar-refractivity contribution in [2.75, 3.05) is 17.3 Å². The van der Waals surface area contributed by atoms with E-state index in [1.807, 2.05) is 30.3 Å². The van der Waals surface area contributed by atoms with Crippen molar-refractivity contribution in [3.05, 3.63) is 103 Å². The third-order valence-electron chi connectivity index (χ3n) is 6.97. The minimum Gasteiger partial charge on any atom is -0.497 e. The highest BCUT2D eigenvalue weighted by molar-refractivity contribution is 9.10. The first-order chi connectivity index (χ1) is 19.4. The maximum Gasteiger partial charge on any atom is 0.308 e. The molecule has 1 saturated heterocycles. The predicted molar refractivity (Wildman–Crippen MR) is 158 cm³/mol. The predicted octanol–water partition coefficient (Wildman–Crippen LogP) is 5.12. The van der Waals surface area contributed by atoms with Crippen LogP contribution in [0.15, 0.2) is 93.2 Å². The number of hydrogen-bond acceptors (Lipinski definition) is 7. The lowest BCUT2D eigenvalue weighted by atomic mass is 9.83. The van der Waals surface area contributed by atoms with Crippen molar-refractivity contribution in [3.8, 4) is 5.75 Å². The molecule has 2 aliphatic heterocycles. The van der Waals surface area contributed by atoms with Gasteiger partial charge in [0.15, 0.2) is 0 Å². The smallest absolute Gasteiger partial charge is 0.308 e. The van der Waals surface area contributed by atoms with E-state index >= 15 is 0 Å². The molecule has 3 amide bonds. The Hall–Kier alpha value is -3.67. The van der Waals surface area contributed by atoms with Crippen LogP contribution in [0.1, 0.15) is 16.4 Å². The molecule has 6 rings (SSSR count). The first-order valence-corrected chi connectivity index (χ1v) is 14.9. The molecule has 4 aromatic rings. The zero-order valence-electron chi connectivity index (χ0n) is 21.1. The van der Waals surface area contributed by atoms with E-state index in [9.17, 15) is 19.2 Å². The number of amides is 3. The van der Waals surface area contributed by atoms with Crippen LogP contribution in [0, 0.1) is 5.92 Å². The fourth-order valence-electron chi connectivity index (χ4n) is 5.13. The molecule has 0 radical (unpaired) electrons. The summed E-state index contributed by atoms with van der Waals surface area (Å²) < 4.78 is 7.44. The molecule has 3 heterocycles. The van der Waals surface area contributed by atoms with Crippen LogP contribution in [-0.4, -0.2) is 34.6 Å². The molecule has 0 bridgehead atoms. The van der Waals surface area contributed by atoms with Gasteiger partial charge in [-0.2, -0.15) is 0 Å². The quantitative estimate of drug-likeness (QED) is 0.296. The molecular formula is C29H22BrN3O5S2. The highest BCUT2D eigenvalue weighted by atomic mass is 79.9. The van der Waals surface area contributed by atoms with Crippen molar-refractivity contribution in [1.29, 1.82) is 0 Å². The van der Waals surface area contributed by atoms with E-state index in [-0.39, 0.29) is 29.1 Å². The third kappa shape index (κ3) is 4.67. The Kier molecular flexibility index (Phi) is 7.11. The Bertz CT molecular complexity index is 1670. The number of fused-ring (bicyclic) bond motifs is 2. The molecule has 0 saturated carbocycles. The van der Waals surface area contributed by atoms with Gasteiger partial charge in [-0.3, -0.25) is 23.7 Å². The monoisotopic (exact) mass is 635 g/mol. The number of para-hydroxylation sites is 1. The van der Waals surface area contributed by atoms with E-state index in [1.54, 1.807) is 55.6 Å². The standard InChI is InChI=1S/C29H22BrN3O5S2/c1-38-20-13-11-18(12-14-20)31-21(34)15-32-28-25(40-29(32)37)22(16-7-9-17(30)10-8-16)23-24(39-28)27(36)33(26(23)35)19-5-3-2-4-6-19/h2-14,22-24H,15H2,1H3,(H,31,34)/t22-,23-,24+/m0/s1. The summed E-state index contributed by atoms with van der Waals surface area (Å²) in [5.74, 6) is -1.54. The molecule has 40 heavy (non-hydrogen) atoms. The van der Waals surface area contributed by atoms with Crippen LogP contribution in [0.2, 0.25) is 0 Å². The zero-order chi connectivity index (χ0) is 28.0. The SMILES string of the molecule is COc1ccc(NC(=O)Cn2c3c(sc2=O)[C@@H](c2ccc(Br)cc2)[C@@H]2C(=O)N(c4ccccc4)C(=O)[C@@H]2S3)cc1. The Morgan fingerprint density at radius 1 is 0.950 bits per heavy atom. The average Bonchev–Trinajstić information content (AvgIpc) is 3.40. The van der Waals surface area contributed by atoms with Crippen molar-refractivity contribution in [3.63, 3.8) is 0 Å². The second kappa shape index (κ2) is 10.7. The number of carbonyl (C=O) groups excluding carboxylic acids is 3. The summed E-state index contributed by atoms with van der Waals surface area (Å²) >= 11 is 5.68. The van der Waals surface area contributed by atoms with Gasteiger partial charge in [0.05, 0.1) is 23.7 Å². The number of nitrogens with one attached hydrogen (secondary N) is 1. The number of hydrogen-bond donors (Lipinski definition) is 1. The number of thiazole rings is 1. The topological polar surface area (TPSA) is 97.7 Å². The molecular weight excluding hydrogens is 614 g/mol. The molecule has 0 unspecified atom stereocenters. The number of carbonyl (C=O) groups is 3. The number of anilines is 2. The number of nitrogens with zero attached hydrogens (tertiary/aromatic N) is 2. The molecule has 1 N–H and O–H groups in total. The lowest BCUT2D eigenvalue weighted by Crippen LogP contribution is -2.33. The van der Waals surface area contributed by atoms with E-state index in [0.717, 1.165) is 21.4 Å². The molecule has 2 aliphatic rings. The number of imide groups is 1. The van der Waals surface area contributed by atoms with Gasteiger partial charge in [0.25, 0.3) is 0 Å². The molecule has 0 spiro atoms. The first kappa shape index (κ1) is 26.5. The van der Waals surface area contributed by atoms with Gasteiger partial charge < -0.3 is 10.1 Å². The summed E-state index contributed by atoms with van der Waals surface area (Å²) in [6.07, 6.45) is 0. The van der Waals surface area contributed by atoms with Crippen LogP contribution in [-0.2, 0) is 20.9 Å². The lowest BCUT2D eigenvalue weighted by Gasteiger charge is -2.30. The molecule has 11 heteroatoms. The van der Waals surface area contributed by atoms with E-state index in [1.165, 1.54) is 21.2 Å². The highest BCUT2D eigenvalue weighted by Crippen LogP contribution is 2.53. The van der Waals surface area contributed by atoms with Gasteiger partial charge in [0, 0.05) is 21.0 Å². The first-order valence-electron chi connectivity index (χ1n) is 12.4. The molecule has 0 aliphatic carbocycles. The largest absolute Gasteiger partial charge is 0.497 e. The molecule has 202 valence electrons. The van der Waals surface area contributed by atoms with Gasteiger partial charge in [0.1, 0.15) is 17.5 Å². The minimum atomic E-state index is -0.737. The number of ether oxygens (including phenoxy) is 1.